The van der Waals surface area contributed by atoms with E-state index in [1.807, 2.05) is 12.2 Å². The highest BCUT2D eigenvalue weighted by Crippen LogP contribution is 2.13. The van der Waals surface area contributed by atoms with Crippen LogP contribution in [0, 0.1) is 0 Å². The Bertz CT molecular complexity index is 165. The molecule has 0 amide bonds. The maximum atomic E-state index is 4.91. The molecule has 42 valence electrons. The molecule has 0 spiro atoms. The molecule has 1 aliphatic rings. The molecule has 0 saturated heterocycles. The van der Waals surface area contributed by atoms with Crippen LogP contribution in [0.1, 0.15) is 6.42 Å². The summed E-state index contributed by atoms with van der Waals surface area (Å²) < 4.78 is 1.13. The monoisotopic (exact) mass is 188 g/mol. The van der Waals surface area contributed by atoms with Gasteiger partial charge in [0.15, 0.2) is 0 Å². The molecule has 1 aliphatic carbocycles. The maximum Gasteiger partial charge on any atom is 0.0190 e. The second kappa shape index (κ2) is 2.55. The van der Waals surface area contributed by atoms with Crippen LogP contribution >= 0.6 is 28.1 Å². The lowest BCUT2D eigenvalue weighted by atomic mass is 10.2. The van der Waals surface area contributed by atoms with E-state index in [1.54, 1.807) is 0 Å². The Kier molecular flexibility index (Phi) is 1.97. The number of rotatable bonds is 0. The van der Waals surface area contributed by atoms with Crippen molar-refractivity contribution in [3.63, 3.8) is 0 Å². The smallest absolute Gasteiger partial charge is 0.0190 e. The summed E-state index contributed by atoms with van der Waals surface area (Å²) in [5.74, 6) is 0. The van der Waals surface area contributed by atoms with Gasteiger partial charge in [-0.2, -0.15) is 0 Å². The van der Waals surface area contributed by atoms with Gasteiger partial charge in [-0.05, 0) is 12.2 Å². The van der Waals surface area contributed by atoms with Crippen LogP contribution in [0.15, 0.2) is 22.7 Å². The van der Waals surface area contributed by atoms with E-state index in [-0.39, 0.29) is 0 Å². The fraction of sp³-hybridized carbons (Fsp3) is 0.167. The van der Waals surface area contributed by atoms with Crippen molar-refractivity contribution in [3.8, 4) is 0 Å². The van der Waals surface area contributed by atoms with Crippen molar-refractivity contribution in [1.29, 1.82) is 0 Å². The van der Waals surface area contributed by atoms with Gasteiger partial charge in [0.05, 0.1) is 0 Å². The molecule has 0 unspecified atom stereocenters. The third kappa shape index (κ3) is 1.53. The molecule has 0 aliphatic heterocycles. The summed E-state index contributed by atoms with van der Waals surface area (Å²) in [6.07, 6.45) is 6.87. The van der Waals surface area contributed by atoms with Crippen LogP contribution in [0.4, 0.5) is 0 Å². The number of hydrogen-bond donors (Lipinski definition) is 0. The highest BCUT2D eigenvalue weighted by molar-refractivity contribution is 9.11. The average Bonchev–Trinajstić information content (AvgIpc) is 1.77. The molecule has 0 radical (unpaired) electrons. The van der Waals surface area contributed by atoms with Gasteiger partial charge in [-0.3, -0.25) is 0 Å². The molecular formula is C6H5BrS. The molecule has 0 heterocycles. The normalized spacial score (nSPS) is 18.6. The molecule has 0 N–H and O–H groups in total. The highest BCUT2D eigenvalue weighted by Gasteiger charge is 1.94. The van der Waals surface area contributed by atoms with E-state index in [4.69, 9.17) is 12.2 Å². The Morgan fingerprint density at radius 3 is 2.62 bits per heavy atom. The average molecular weight is 189 g/mol. The standard InChI is InChI=1S/C6H5BrS/c7-5-1-3-6(8)4-2-5/h1-3H,4H2. The summed E-state index contributed by atoms with van der Waals surface area (Å²) in [6, 6.07) is 0. The molecule has 0 nitrogen and oxygen atoms in total. The van der Waals surface area contributed by atoms with Crippen molar-refractivity contribution in [2.75, 3.05) is 0 Å². The van der Waals surface area contributed by atoms with Crippen LogP contribution in [-0.2, 0) is 0 Å². The van der Waals surface area contributed by atoms with Crippen molar-refractivity contribution in [2.24, 2.45) is 0 Å². The Morgan fingerprint density at radius 1 is 1.50 bits per heavy atom. The van der Waals surface area contributed by atoms with Gasteiger partial charge in [0.2, 0.25) is 0 Å². The lowest BCUT2D eigenvalue weighted by molar-refractivity contribution is 1.49. The zero-order chi connectivity index (χ0) is 5.98. The third-order valence-electron chi connectivity index (χ3n) is 0.927. The van der Waals surface area contributed by atoms with Crippen LogP contribution < -0.4 is 0 Å². The molecule has 0 fully saturated rings. The second-order valence-corrected chi connectivity index (χ2v) is 3.03. The van der Waals surface area contributed by atoms with Gasteiger partial charge in [0, 0.05) is 15.8 Å². The van der Waals surface area contributed by atoms with Crippen molar-refractivity contribution in [2.45, 2.75) is 6.42 Å². The number of thiocarbonyl (C=S) groups is 1. The summed E-state index contributed by atoms with van der Waals surface area (Å²) in [5, 5.41) is 0. The zero-order valence-corrected chi connectivity index (χ0v) is 6.63. The van der Waals surface area contributed by atoms with Crippen molar-refractivity contribution < 1.29 is 0 Å². The van der Waals surface area contributed by atoms with Gasteiger partial charge in [0.25, 0.3) is 0 Å². The van der Waals surface area contributed by atoms with Crippen molar-refractivity contribution in [1.82, 2.24) is 0 Å². The van der Waals surface area contributed by atoms with Crippen LogP contribution in [0.25, 0.3) is 0 Å². The van der Waals surface area contributed by atoms with E-state index < -0.39 is 0 Å². The predicted molar refractivity (Wildman–Crippen MR) is 43.4 cm³/mol. The minimum Gasteiger partial charge on any atom is -0.0846 e. The Morgan fingerprint density at radius 2 is 2.25 bits per heavy atom. The molecule has 0 saturated carbocycles. The summed E-state index contributed by atoms with van der Waals surface area (Å²) in [6.45, 7) is 0. The van der Waals surface area contributed by atoms with E-state index in [0.29, 0.717) is 0 Å². The zero-order valence-electron chi connectivity index (χ0n) is 4.23. The van der Waals surface area contributed by atoms with Crippen LogP contribution in [0.3, 0.4) is 0 Å². The third-order valence-corrected chi connectivity index (χ3v) is 1.82. The second-order valence-electron chi connectivity index (χ2n) is 1.59. The van der Waals surface area contributed by atoms with Crippen molar-refractivity contribution in [3.05, 3.63) is 22.7 Å². The Balaban J connectivity index is 2.71. The van der Waals surface area contributed by atoms with E-state index >= 15 is 0 Å². The fourth-order valence-electron chi connectivity index (χ4n) is 0.507. The summed E-state index contributed by atoms with van der Waals surface area (Å²) in [7, 11) is 0. The van der Waals surface area contributed by atoms with Gasteiger partial charge < -0.3 is 0 Å². The van der Waals surface area contributed by atoms with Crippen LogP contribution in [0.2, 0.25) is 0 Å². The van der Waals surface area contributed by atoms with Crippen LogP contribution in [0.5, 0.6) is 0 Å². The van der Waals surface area contributed by atoms with E-state index in [9.17, 15) is 0 Å². The lowest BCUT2D eigenvalue weighted by Gasteiger charge is -1.97. The quantitative estimate of drug-likeness (QED) is 0.528. The summed E-state index contributed by atoms with van der Waals surface area (Å²) >= 11 is 8.24. The minimum atomic E-state index is 0.909. The first-order valence-electron chi connectivity index (χ1n) is 2.35. The van der Waals surface area contributed by atoms with E-state index in [0.717, 1.165) is 15.8 Å². The maximum absolute atomic E-state index is 4.91. The number of hydrogen-bond acceptors (Lipinski definition) is 1. The first-order valence-corrected chi connectivity index (χ1v) is 3.56. The van der Waals surface area contributed by atoms with Gasteiger partial charge >= 0.3 is 0 Å². The van der Waals surface area contributed by atoms with Gasteiger partial charge in [-0.15, -0.1) is 0 Å². The first kappa shape index (κ1) is 6.17. The molecule has 0 aromatic heterocycles. The predicted octanol–water partition coefficient (Wildman–Crippen LogP) is 2.60. The molecule has 1 rings (SSSR count). The Labute approximate surface area is 62.4 Å². The highest BCUT2D eigenvalue weighted by atomic mass is 79.9. The summed E-state index contributed by atoms with van der Waals surface area (Å²) in [5.41, 5.74) is 0. The number of halogens is 1. The molecule has 0 bridgehead atoms. The lowest BCUT2D eigenvalue weighted by Crippen LogP contribution is -1.89. The van der Waals surface area contributed by atoms with Gasteiger partial charge in [-0.1, -0.05) is 34.2 Å². The first-order chi connectivity index (χ1) is 3.79. The van der Waals surface area contributed by atoms with E-state index in [2.05, 4.69) is 22.0 Å². The number of allylic oxidation sites excluding steroid dienone is 4. The van der Waals surface area contributed by atoms with Crippen molar-refractivity contribution >= 4 is 33.0 Å². The largest absolute Gasteiger partial charge is 0.0846 e. The van der Waals surface area contributed by atoms with Gasteiger partial charge in [0.1, 0.15) is 0 Å². The molecule has 0 atom stereocenters. The molecule has 2 heteroatoms. The topological polar surface area (TPSA) is 0 Å². The molecule has 0 aromatic carbocycles. The fourth-order valence-corrected chi connectivity index (χ4v) is 0.952. The van der Waals surface area contributed by atoms with Gasteiger partial charge in [-0.25, -0.2) is 0 Å². The molecule has 0 aromatic rings. The Hall–Kier alpha value is 0.0500. The molecule has 8 heavy (non-hydrogen) atoms. The SMILES string of the molecule is S=C1C=CC(Br)=CC1. The van der Waals surface area contributed by atoms with Crippen LogP contribution in [-0.4, -0.2) is 4.86 Å². The molecular weight excluding hydrogens is 184 g/mol. The minimum absolute atomic E-state index is 0.909. The van der Waals surface area contributed by atoms with E-state index in [1.165, 1.54) is 0 Å². The summed E-state index contributed by atoms with van der Waals surface area (Å²) in [4.78, 5) is 1.01.